The number of fused-ring (bicyclic) bond motifs is 1. The molecule has 0 radical (unpaired) electrons. The number of nitrogen functional groups attached to an aromatic ring is 1. The van der Waals surface area contributed by atoms with Gasteiger partial charge in [0.1, 0.15) is 11.8 Å². The van der Waals surface area contributed by atoms with Gasteiger partial charge in [-0.1, -0.05) is 20.8 Å². The van der Waals surface area contributed by atoms with E-state index in [-0.39, 0.29) is 5.41 Å². The molecule has 2 aromatic heterocycles. The van der Waals surface area contributed by atoms with Crippen LogP contribution in [0.5, 0.6) is 0 Å². The fraction of sp³-hybridized carbons (Fsp3) is 0.455. The van der Waals surface area contributed by atoms with Crippen molar-refractivity contribution in [3.63, 3.8) is 0 Å². The summed E-state index contributed by atoms with van der Waals surface area (Å²) in [7, 11) is 0. The SMILES string of the molecule is CCC(C)(C)c1ccc2c(N)ncnn12. The number of hydrogen-bond donors (Lipinski definition) is 1. The number of rotatable bonds is 2. The smallest absolute Gasteiger partial charge is 0.151 e. The monoisotopic (exact) mass is 204 g/mol. The van der Waals surface area contributed by atoms with Gasteiger partial charge in [-0.25, -0.2) is 9.50 Å². The van der Waals surface area contributed by atoms with Gasteiger partial charge in [-0.15, -0.1) is 0 Å². The lowest BCUT2D eigenvalue weighted by molar-refractivity contribution is 0.478. The van der Waals surface area contributed by atoms with Crippen molar-refractivity contribution < 1.29 is 0 Å². The van der Waals surface area contributed by atoms with Gasteiger partial charge < -0.3 is 5.73 Å². The van der Waals surface area contributed by atoms with E-state index in [0.717, 1.165) is 11.9 Å². The van der Waals surface area contributed by atoms with Gasteiger partial charge in [0.2, 0.25) is 0 Å². The van der Waals surface area contributed by atoms with Crippen molar-refractivity contribution in [1.82, 2.24) is 14.6 Å². The van der Waals surface area contributed by atoms with E-state index in [9.17, 15) is 0 Å². The Morgan fingerprint density at radius 1 is 1.40 bits per heavy atom. The summed E-state index contributed by atoms with van der Waals surface area (Å²) in [6.07, 6.45) is 2.56. The molecule has 0 aromatic carbocycles. The van der Waals surface area contributed by atoms with Crippen molar-refractivity contribution in [3.8, 4) is 0 Å². The summed E-state index contributed by atoms with van der Waals surface area (Å²) in [5.41, 5.74) is 7.95. The standard InChI is InChI=1S/C11H16N4/c1-4-11(2,3)9-6-5-8-10(12)13-7-14-15(8)9/h5-7H,4H2,1-3H3,(H2,12,13,14). The van der Waals surface area contributed by atoms with Crippen molar-refractivity contribution in [2.75, 3.05) is 5.73 Å². The Morgan fingerprint density at radius 3 is 2.80 bits per heavy atom. The fourth-order valence-electron chi connectivity index (χ4n) is 1.65. The quantitative estimate of drug-likeness (QED) is 0.814. The minimum atomic E-state index is 0.104. The molecule has 0 saturated carbocycles. The zero-order chi connectivity index (χ0) is 11.1. The Hall–Kier alpha value is -1.58. The average molecular weight is 204 g/mol. The number of hydrogen-bond acceptors (Lipinski definition) is 3. The van der Waals surface area contributed by atoms with Crippen LogP contribution in [0.1, 0.15) is 32.9 Å². The first kappa shape index (κ1) is 9.96. The molecule has 0 amide bonds. The van der Waals surface area contributed by atoms with Crippen LogP contribution in [0.25, 0.3) is 5.52 Å². The van der Waals surface area contributed by atoms with Crippen molar-refractivity contribution in [1.29, 1.82) is 0 Å². The Labute approximate surface area is 89.1 Å². The van der Waals surface area contributed by atoms with E-state index in [0.29, 0.717) is 5.82 Å². The van der Waals surface area contributed by atoms with Crippen LogP contribution < -0.4 is 5.73 Å². The Balaban J connectivity index is 2.69. The van der Waals surface area contributed by atoms with Crippen LogP contribution in [0.3, 0.4) is 0 Å². The number of anilines is 1. The van der Waals surface area contributed by atoms with E-state index in [1.165, 1.54) is 12.0 Å². The highest BCUT2D eigenvalue weighted by molar-refractivity contribution is 5.65. The molecule has 2 rings (SSSR count). The van der Waals surface area contributed by atoms with Crippen molar-refractivity contribution in [2.24, 2.45) is 0 Å². The third kappa shape index (κ3) is 1.46. The Morgan fingerprint density at radius 2 is 2.13 bits per heavy atom. The van der Waals surface area contributed by atoms with Crippen LogP contribution >= 0.6 is 0 Å². The van der Waals surface area contributed by atoms with E-state index in [1.807, 2.05) is 10.6 Å². The first-order chi connectivity index (χ1) is 7.06. The van der Waals surface area contributed by atoms with Gasteiger partial charge in [-0.05, 0) is 18.6 Å². The molecule has 15 heavy (non-hydrogen) atoms. The third-order valence-electron chi connectivity index (χ3n) is 3.06. The summed E-state index contributed by atoms with van der Waals surface area (Å²) >= 11 is 0. The minimum Gasteiger partial charge on any atom is -0.382 e. The van der Waals surface area contributed by atoms with Crippen molar-refractivity contribution >= 4 is 11.3 Å². The second-order valence-electron chi connectivity index (χ2n) is 4.40. The summed E-state index contributed by atoms with van der Waals surface area (Å²) in [5, 5.41) is 4.24. The average Bonchev–Trinajstić information content (AvgIpc) is 2.63. The fourth-order valence-corrected chi connectivity index (χ4v) is 1.65. The molecular formula is C11H16N4. The van der Waals surface area contributed by atoms with Gasteiger partial charge in [0.15, 0.2) is 5.82 Å². The molecule has 2 aromatic rings. The van der Waals surface area contributed by atoms with Gasteiger partial charge in [0.25, 0.3) is 0 Å². The summed E-state index contributed by atoms with van der Waals surface area (Å²) in [6, 6.07) is 4.05. The molecule has 0 spiro atoms. The molecule has 0 bridgehead atoms. The summed E-state index contributed by atoms with van der Waals surface area (Å²) < 4.78 is 1.88. The van der Waals surface area contributed by atoms with Gasteiger partial charge >= 0.3 is 0 Å². The third-order valence-corrected chi connectivity index (χ3v) is 3.06. The van der Waals surface area contributed by atoms with Crippen LogP contribution in [0.4, 0.5) is 5.82 Å². The topological polar surface area (TPSA) is 56.2 Å². The van der Waals surface area contributed by atoms with Crippen LogP contribution in [0.2, 0.25) is 0 Å². The highest BCUT2D eigenvalue weighted by atomic mass is 15.3. The summed E-state index contributed by atoms with van der Waals surface area (Å²) in [5.74, 6) is 0.531. The molecule has 2 heterocycles. The van der Waals surface area contributed by atoms with Crippen LogP contribution in [0.15, 0.2) is 18.5 Å². The molecule has 0 saturated heterocycles. The van der Waals surface area contributed by atoms with Crippen molar-refractivity contribution in [3.05, 3.63) is 24.2 Å². The molecule has 0 atom stereocenters. The second kappa shape index (κ2) is 3.22. The molecule has 0 aliphatic heterocycles. The first-order valence-corrected chi connectivity index (χ1v) is 5.15. The van der Waals surface area contributed by atoms with E-state index in [1.54, 1.807) is 0 Å². The second-order valence-corrected chi connectivity index (χ2v) is 4.40. The maximum atomic E-state index is 5.78. The maximum Gasteiger partial charge on any atom is 0.151 e. The van der Waals surface area contributed by atoms with E-state index in [4.69, 9.17) is 5.73 Å². The Kier molecular flexibility index (Phi) is 2.14. The lowest BCUT2D eigenvalue weighted by atomic mass is 9.87. The van der Waals surface area contributed by atoms with Crippen LogP contribution in [0, 0.1) is 0 Å². The van der Waals surface area contributed by atoms with Gasteiger partial charge in [0.05, 0.1) is 0 Å². The largest absolute Gasteiger partial charge is 0.382 e. The molecule has 2 N–H and O–H groups in total. The number of nitrogens with zero attached hydrogens (tertiary/aromatic N) is 3. The zero-order valence-corrected chi connectivity index (χ0v) is 9.36. The van der Waals surface area contributed by atoms with Crippen LogP contribution in [-0.2, 0) is 5.41 Å². The van der Waals surface area contributed by atoms with Gasteiger partial charge in [-0.2, -0.15) is 5.10 Å². The lowest BCUT2D eigenvalue weighted by Crippen LogP contribution is -2.19. The predicted octanol–water partition coefficient (Wildman–Crippen LogP) is 2.00. The lowest BCUT2D eigenvalue weighted by Gasteiger charge is -2.22. The molecular weight excluding hydrogens is 188 g/mol. The molecule has 0 aliphatic carbocycles. The maximum absolute atomic E-state index is 5.78. The van der Waals surface area contributed by atoms with E-state index in [2.05, 4.69) is 36.9 Å². The predicted molar refractivity (Wildman–Crippen MR) is 60.7 cm³/mol. The first-order valence-electron chi connectivity index (χ1n) is 5.15. The van der Waals surface area contributed by atoms with Gasteiger partial charge in [-0.3, -0.25) is 0 Å². The van der Waals surface area contributed by atoms with Crippen molar-refractivity contribution in [2.45, 2.75) is 32.6 Å². The minimum absolute atomic E-state index is 0.104. The molecule has 80 valence electrons. The van der Waals surface area contributed by atoms with E-state index >= 15 is 0 Å². The zero-order valence-electron chi connectivity index (χ0n) is 9.36. The molecule has 0 aliphatic rings. The molecule has 4 heteroatoms. The molecule has 0 unspecified atom stereocenters. The summed E-state index contributed by atoms with van der Waals surface area (Å²) in [6.45, 7) is 6.57. The highest BCUT2D eigenvalue weighted by Gasteiger charge is 2.22. The number of nitrogens with two attached hydrogens (primary N) is 1. The normalized spacial score (nSPS) is 12.2. The highest BCUT2D eigenvalue weighted by Crippen LogP contribution is 2.28. The Bertz CT molecular complexity index is 484. The molecule has 0 fully saturated rings. The molecule has 4 nitrogen and oxygen atoms in total. The summed E-state index contributed by atoms with van der Waals surface area (Å²) in [4.78, 5) is 3.97. The van der Waals surface area contributed by atoms with Crippen LogP contribution in [-0.4, -0.2) is 14.6 Å². The van der Waals surface area contributed by atoms with E-state index < -0.39 is 0 Å². The number of aromatic nitrogens is 3. The van der Waals surface area contributed by atoms with Gasteiger partial charge in [0, 0.05) is 11.1 Å².